The summed E-state index contributed by atoms with van der Waals surface area (Å²) in [6.45, 7) is 5.65. The zero-order chi connectivity index (χ0) is 23.0. The van der Waals surface area contributed by atoms with Crippen LogP contribution in [0.2, 0.25) is 0 Å². The Hall–Kier alpha value is -3.46. The molecule has 1 aliphatic rings. The maximum atomic E-state index is 13.5. The molecule has 0 saturated carbocycles. The van der Waals surface area contributed by atoms with Gasteiger partial charge in [0.25, 0.3) is 5.56 Å². The second kappa shape index (κ2) is 8.58. The van der Waals surface area contributed by atoms with Gasteiger partial charge in [0.1, 0.15) is 5.75 Å². The maximum absolute atomic E-state index is 13.5. The summed E-state index contributed by atoms with van der Waals surface area (Å²) < 4.78 is 14.4. The van der Waals surface area contributed by atoms with E-state index >= 15 is 0 Å². The van der Waals surface area contributed by atoms with Crippen molar-refractivity contribution in [3.8, 4) is 5.75 Å². The number of ether oxygens (including phenoxy) is 2. The summed E-state index contributed by atoms with van der Waals surface area (Å²) in [5.41, 5.74) is 3.14. The van der Waals surface area contributed by atoms with Gasteiger partial charge in [0.2, 0.25) is 0 Å². The second-order valence-corrected chi connectivity index (χ2v) is 8.43. The molecule has 8 nitrogen and oxygen atoms in total. The van der Waals surface area contributed by atoms with Crippen LogP contribution in [0, 0.1) is 6.92 Å². The fraction of sp³-hybridized carbons (Fsp3) is 0.304. The molecule has 0 N–H and O–H groups in total. The standard InChI is InChI=1S/C23H24N4O4S/c1-6-31-22(29)19-14(3)24-23-27(20(19)15-7-9-17(30-5)10-8-15)21(28)18(32-23)11-16-12-26(4)25-13(16)2/h7-12,20H,6H2,1-5H3. The molecule has 0 spiro atoms. The lowest BCUT2D eigenvalue weighted by atomic mass is 9.96. The summed E-state index contributed by atoms with van der Waals surface area (Å²) in [6, 6.07) is 6.67. The summed E-state index contributed by atoms with van der Waals surface area (Å²) in [6.07, 6.45) is 3.68. The number of carbonyl (C=O) groups is 1. The predicted molar refractivity (Wildman–Crippen MR) is 121 cm³/mol. The van der Waals surface area contributed by atoms with Crippen LogP contribution in [0.15, 0.2) is 51.5 Å². The van der Waals surface area contributed by atoms with Crippen LogP contribution in [0.5, 0.6) is 5.75 Å². The van der Waals surface area contributed by atoms with E-state index in [1.54, 1.807) is 30.2 Å². The Bertz CT molecular complexity index is 1390. The lowest BCUT2D eigenvalue weighted by Crippen LogP contribution is -2.39. The summed E-state index contributed by atoms with van der Waals surface area (Å²) in [5.74, 6) is 0.207. The number of carbonyl (C=O) groups excluding carboxylic acids is 1. The molecule has 1 atom stereocenters. The Morgan fingerprint density at radius 1 is 1.25 bits per heavy atom. The third-order valence-corrected chi connectivity index (χ3v) is 6.27. The molecule has 9 heteroatoms. The molecule has 1 aliphatic heterocycles. The van der Waals surface area contributed by atoms with E-state index in [2.05, 4.69) is 10.1 Å². The molecule has 0 radical (unpaired) electrons. The SMILES string of the molecule is CCOC(=O)C1=C(C)N=c2sc(=Cc3cn(C)nc3C)c(=O)n2C1c1ccc(OC)cc1. The van der Waals surface area contributed by atoms with Gasteiger partial charge in [-0.1, -0.05) is 23.5 Å². The molecule has 166 valence electrons. The Balaban J connectivity index is 1.95. The maximum Gasteiger partial charge on any atom is 0.338 e. The van der Waals surface area contributed by atoms with Gasteiger partial charge in [-0.3, -0.25) is 14.0 Å². The van der Waals surface area contributed by atoms with Crippen molar-refractivity contribution in [1.29, 1.82) is 0 Å². The van der Waals surface area contributed by atoms with Crippen LogP contribution in [0.3, 0.4) is 0 Å². The average Bonchev–Trinajstić information content (AvgIpc) is 3.24. The van der Waals surface area contributed by atoms with Gasteiger partial charge in [-0.05, 0) is 44.5 Å². The van der Waals surface area contributed by atoms with E-state index in [0.29, 0.717) is 26.4 Å². The number of thiazole rings is 1. The molecule has 3 heterocycles. The van der Waals surface area contributed by atoms with Crippen LogP contribution in [-0.4, -0.2) is 34.0 Å². The van der Waals surface area contributed by atoms with Gasteiger partial charge in [0.05, 0.1) is 41.3 Å². The van der Waals surface area contributed by atoms with Crippen molar-refractivity contribution in [1.82, 2.24) is 14.3 Å². The number of hydrogen-bond acceptors (Lipinski definition) is 7. The zero-order valence-corrected chi connectivity index (χ0v) is 19.4. The average molecular weight is 453 g/mol. The molecule has 32 heavy (non-hydrogen) atoms. The van der Waals surface area contributed by atoms with Crippen molar-refractivity contribution in [2.24, 2.45) is 12.0 Å². The van der Waals surface area contributed by atoms with E-state index in [-0.39, 0.29) is 12.2 Å². The van der Waals surface area contributed by atoms with Crippen LogP contribution < -0.4 is 19.6 Å². The van der Waals surface area contributed by atoms with Crippen LogP contribution in [-0.2, 0) is 16.6 Å². The van der Waals surface area contributed by atoms with Gasteiger partial charge in [-0.15, -0.1) is 0 Å². The highest BCUT2D eigenvalue weighted by Gasteiger charge is 2.33. The summed E-state index contributed by atoms with van der Waals surface area (Å²) in [5, 5.41) is 4.34. The molecule has 4 rings (SSSR count). The Kier molecular flexibility index (Phi) is 5.84. The Labute approximate surface area is 188 Å². The molecule has 1 unspecified atom stereocenters. The van der Waals surface area contributed by atoms with Crippen molar-refractivity contribution < 1.29 is 14.3 Å². The molecule has 0 amide bonds. The highest BCUT2D eigenvalue weighted by atomic mass is 32.1. The van der Waals surface area contributed by atoms with Crippen molar-refractivity contribution in [2.45, 2.75) is 26.8 Å². The van der Waals surface area contributed by atoms with E-state index in [1.807, 2.05) is 50.5 Å². The number of fused-ring (bicyclic) bond motifs is 1. The molecule has 2 aromatic heterocycles. The van der Waals surface area contributed by atoms with Crippen molar-refractivity contribution in [3.63, 3.8) is 0 Å². The Morgan fingerprint density at radius 2 is 1.97 bits per heavy atom. The van der Waals surface area contributed by atoms with E-state index in [9.17, 15) is 9.59 Å². The number of methoxy groups -OCH3 is 1. The number of benzene rings is 1. The third kappa shape index (κ3) is 3.80. The van der Waals surface area contributed by atoms with E-state index in [4.69, 9.17) is 9.47 Å². The van der Waals surface area contributed by atoms with Crippen molar-refractivity contribution in [2.75, 3.05) is 13.7 Å². The minimum absolute atomic E-state index is 0.216. The van der Waals surface area contributed by atoms with Crippen molar-refractivity contribution in [3.05, 3.63) is 78.2 Å². The first-order chi connectivity index (χ1) is 15.3. The smallest absolute Gasteiger partial charge is 0.338 e. The van der Waals surface area contributed by atoms with E-state index in [1.165, 1.54) is 11.3 Å². The lowest BCUT2D eigenvalue weighted by molar-refractivity contribution is -0.139. The monoisotopic (exact) mass is 452 g/mol. The van der Waals surface area contributed by atoms with Gasteiger partial charge in [-0.2, -0.15) is 5.10 Å². The molecule has 0 saturated heterocycles. The minimum Gasteiger partial charge on any atom is -0.497 e. The minimum atomic E-state index is -0.645. The molecule has 0 fully saturated rings. The van der Waals surface area contributed by atoms with Gasteiger partial charge in [0, 0.05) is 18.8 Å². The normalized spacial score (nSPS) is 16.0. The van der Waals surface area contributed by atoms with Crippen LogP contribution >= 0.6 is 11.3 Å². The fourth-order valence-electron chi connectivity index (χ4n) is 3.79. The van der Waals surface area contributed by atoms with Gasteiger partial charge in [-0.25, -0.2) is 9.79 Å². The molecular formula is C23H24N4O4S. The number of esters is 1. The van der Waals surface area contributed by atoms with Gasteiger partial charge in [0.15, 0.2) is 4.80 Å². The second-order valence-electron chi connectivity index (χ2n) is 7.42. The summed E-state index contributed by atoms with van der Waals surface area (Å²) in [7, 11) is 3.43. The number of nitrogens with zero attached hydrogens (tertiary/aromatic N) is 4. The molecule has 0 aliphatic carbocycles. The molecule has 3 aromatic rings. The van der Waals surface area contributed by atoms with Crippen LogP contribution in [0.25, 0.3) is 6.08 Å². The highest BCUT2D eigenvalue weighted by molar-refractivity contribution is 7.07. The number of aromatic nitrogens is 3. The van der Waals surface area contributed by atoms with Gasteiger partial charge < -0.3 is 9.47 Å². The first kappa shape index (κ1) is 21.8. The largest absolute Gasteiger partial charge is 0.497 e. The van der Waals surface area contributed by atoms with Crippen molar-refractivity contribution >= 4 is 23.4 Å². The number of hydrogen-bond donors (Lipinski definition) is 0. The van der Waals surface area contributed by atoms with E-state index < -0.39 is 12.0 Å². The number of aryl methyl sites for hydroxylation is 2. The molecule has 1 aromatic carbocycles. The fourth-order valence-corrected chi connectivity index (χ4v) is 4.83. The number of rotatable bonds is 5. The van der Waals surface area contributed by atoms with E-state index in [0.717, 1.165) is 16.8 Å². The third-order valence-electron chi connectivity index (χ3n) is 5.29. The Morgan fingerprint density at radius 3 is 2.56 bits per heavy atom. The number of allylic oxidation sites excluding steroid dienone is 1. The topological polar surface area (TPSA) is 87.7 Å². The quantitative estimate of drug-likeness (QED) is 0.552. The highest BCUT2D eigenvalue weighted by Crippen LogP contribution is 2.31. The van der Waals surface area contributed by atoms with Crippen LogP contribution in [0.4, 0.5) is 0 Å². The molecule has 0 bridgehead atoms. The van der Waals surface area contributed by atoms with Crippen LogP contribution in [0.1, 0.15) is 36.7 Å². The first-order valence-electron chi connectivity index (χ1n) is 10.2. The summed E-state index contributed by atoms with van der Waals surface area (Å²) >= 11 is 1.29. The molecular weight excluding hydrogens is 428 g/mol. The first-order valence-corrected chi connectivity index (χ1v) is 11.0. The lowest BCUT2D eigenvalue weighted by Gasteiger charge is -2.24. The summed E-state index contributed by atoms with van der Waals surface area (Å²) in [4.78, 5) is 31.5. The predicted octanol–water partition coefficient (Wildman–Crippen LogP) is 1.85. The zero-order valence-electron chi connectivity index (χ0n) is 18.6. The van der Waals surface area contributed by atoms with Gasteiger partial charge >= 0.3 is 5.97 Å².